The van der Waals surface area contributed by atoms with E-state index in [9.17, 15) is 10.1 Å². The summed E-state index contributed by atoms with van der Waals surface area (Å²) in [6.45, 7) is 2.07. The molecule has 0 spiro atoms. The third-order valence-corrected chi connectivity index (χ3v) is 4.19. The average Bonchev–Trinajstić information content (AvgIpc) is 2.81. The van der Waals surface area contributed by atoms with E-state index in [-0.39, 0.29) is 10.6 Å². The summed E-state index contributed by atoms with van der Waals surface area (Å²) >= 11 is 1.71. The van der Waals surface area contributed by atoms with Gasteiger partial charge in [-0.05, 0) is 47.7 Å². The molecule has 3 rings (SSSR count). The summed E-state index contributed by atoms with van der Waals surface area (Å²) < 4.78 is 1.24. The number of fused-ring (bicyclic) bond motifs is 1. The van der Waals surface area contributed by atoms with E-state index in [1.165, 1.54) is 15.6 Å². The van der Waals surface area contributed by atoms with Crippen LogP contribution in [0.4, 0.5) is 5.69 Å². The van der Waals surface area contributed by atoms with Crippen LogP contribution in [0, 0.1) is 17.0 Å². The quantitative estimate of drug-likeness (QED) is 0.496. The Morgan fingerprint density at radius 2 is 1.79 bits per heavy atom. The Morgan fingerprint density at radius 1 is 1.05 bits per heavy atom. The van der Waals surface area contributed by atoms with Crippen molar-refractivity contribution in [1.29, 1.82) is 0 Å². The Hall–Kier alpha value is -2.20. The highest BCUT2D eigenvalue weighted by molar-refractivity contribution is 7.22. The van der Waals surface area contributed by atoms with E-state index in [2.05, 4.69) is 31.2 Å². The SMILES string of the molecule is Cc1ccc2cc(-c3ccc([N+](=O)[O-])cc3)sc2c1. The highest BCUT2D eigenvalue weighted by Gasteiger charge is 2.07. The van der Waals surface area contributed by atoms with Gasteiger partial charge in [0.1, 0.15) is 0 Å². The van der Waals surface area contributed by atoms with Crippen molar-refractivity contribution in [3.8, 4) is 10.4 Å². The molecule has 0 radical (unpaired) electrons. The summed E-state index contributed by atoms with van der Waals surface area (Å²) in [4.78, 5) is 11.4. The van der Waals surface area contributed by atoms with Crippen molar-refractivity contribution < 1.29 is 4.92 Å². The van der Waals surface area contributed by atoms with Crippen molar-refractivity contribution in [2.24, 2.45) is 0 Å². The second-order valence-corrected chi connectivity index (χ2v) is 5.54. The van der Waals surface area contributed by atoms with Gasteiger partial charge >= 0.3 is 0 Å². The molecule has 0 aliphatic carbocycles. The van der Waals surface area contributed by atoms with Gasteiger partial charge in [0.25, 0.3) is 5.69 Å². The summed E-state index contributed by atoms with van der Waals surface area (Å²) in [5.41, 5.74) is 2.38. The highest BCUT2D eigenvalue weighted by Crippen LogP contribution is 2.34. The molecule has 0 saturated heterocycles. The third-order valence-electron chi connectivity index (χ3n) is 3.04. The zero-order valence-corrected chi connectivity index (χ0v) is 11.1. The minimum absolute atomic E-state index is 0.126. The molecule has 0 aliphatic rings. The normalized spacial score (nSPS) is 10.8. The Labute approximate surface area is 114 Å². The fraction of sp³-hybridized carbons (Fsp3) is 0.0667. The van der Waals surface area contributed by atoms with Crippen LogP contribution in [0.2, 0.25) is 0 Å². The lowest BCUT2D eigenvalue weighted by molar-refractivity contribution is -0.384. The molecule has 94 valence electrons. The van der Waals surface area contributed by atoms with Crippen molar-refractivity contribution in [3.63, 3.8) is 0 Å². The van der Waals surface area contributed by atoms with Gasteiger partial charge in [-0.1, -0.05) is 12.1 Å². The smallest absolute Gasteiger partial charge is 0.258 e. The van der Waals surface area contributed by atoms with Gasteiger partial charge in [0, 0.05) is 21.7 Å². The van der Waals surface area contributed by atoms with E-state index >= 15 is 0 Å². The zero-order chi connectivity index (χ0) is 13.4. The molecule has 3 nitrogen and oxygen atoms in total. The van der Waals surface area contributed by atoms with Crippen LogP contribution in [0.3, 0.4) is 0 Å². The van der Waals surface area contributed by atoms with E-state index < -0.39 is 0 Å². The molecule has 0 N–H and O–H groups in total. The highest BCUT2D eigenvalue weighted by atomic mass is 32.1. The molecule has 1 aromatic heterocycles. The molecule has 0 unspecified atom stereocenters. The minimum Gasteiger partial charge on any atom is -0.258 e. The largest absolute Gasteiger partial charge is 0.269 e. The van der Waals surface area contributed by atoms with Gasteiger partial charge < -0.3 is 0 Å². The molecule has 0 fully saturated rings. The molecule has 0 amide bonds. The van der Waals surface area contributed by atoms with Crippen molar-refractivity contribution >= 4 is 27.1 Å². The molecule has 2 aromatic carbocycles. The number of nitrogens with zero attached hydrogens (tertiary/aromatic N) is 1. The van der Waals surface area contributed by atoms with Gasteiger partial charge in [0.2, 0.25) is 0 Å². The van der Waals surface area contributed by atoms with Crippen LogP contribution in [0.1, 0.15) is 5.56 Å². The fourth-order valence-electron chi connectivity index (χ4n) is 2.03. The Balaban J connectivity index is 2.06. The summed E-state index contributed by atoms with van der Waals surface area (Å²) in [5.74, 6) is 0. The Bertz CT molecular complexity index is 759. The predicted octanol–water partition coefficient (Wildman–Crippen LogP) is 4.78. The van der Waals surface area contributed by atoms with Crippen LogP contribution in [0.5, 0.6) is 0 Å². The summed E-state index contributed by atoms with van der Waals surface area (Å²) in [6, 6.07) is 15.2. The maximum atomic E-state index is 10.6. The second-order valence-electron chi connectivity index (χ2n) is 4.46. The predicted molar refractivity (Wildman–Crippen MR) is 78.7 cm³/mol. The van der Waals surface area contributed by atoms with E-state index in [4.69, 9.17) is 0 Å². The van der Waals surface area contributed by atoms with Gasteiger partial charge in [-0.15, -0.1) is 11.3 Å². The molecule has 0 aliphatic heterocycles. The summed E-state index contributed by atoms with van der Waals surface area (Å²) in [7, 11) is 0. The summed E-state index contributed by atoms with van der Waals surface area (Å²) in [5, 5.41) is 11.8. The fourth-order valence-corrected chi connectivity index (χ4v) is 3.19. The van der Waals surface area contributed by atoms with Gasteiger partial charge in [-0.2, -0.15) is 0 Å². The maximum Gasteiger partial charge on any atom is 0.269 e. The number of nitro groups is 1. The molecule has 1 heterocycles. The number of thiophene rings is 1. The first-order valence-corrected chi connectivity index (χ1v) is 6.70. The number of nitro benzene ring substituents is 1. The number of hydrogen-bond acceptors (Lipinski definition) is 3. The number of benzene rings is 2. The molecule has 0 atom stereocenters. The van der Waals surface area contributed by atoms with Crippen molar-refractivity contribution in [3.05, 3.63) is 64.2 Å². The average molecular weight is 269 g/mol. The second kappa shape index (κ2) is 4.48. The van der Waals surface area contributed by atoms with Crippen molar-refractivity contribution in [2.45, 2.75) is 6.92 Å². The zero-order valence-electron chi connectivity index (χ0n) is 10.3. The molecule has 19 heavy (non-hydrogen) atoms. The Morgan fingerprint density at radius 3 is 2.47 bits per heavy atom. The molecule has 0 bridgehead atoms. The van der Waals surface area contributed by atoms with E-state index in [1.54, 1.807) is 35.6 Å². The van der Waals surface area contributed by atoms with Gasteiger partial charge in [-0.25, -0.2) is 0 Å². The minimum atomic E-state index is -0.377. The molecule has 4 heteroatoms. The van der Waals surface area contributed by atoms with Crippen LogP contribution in [0.15, 0.2) is 48.5 Å². The standard InChI is InChI=1S/C15H11NO2S/c1-10-2-3-12-9-15(19-14(12)8-10)11-4-6-13(7-5-11)16(17)18/h2-9H,1H3. The van der Waals surface area contributed by atoms with E-state index in [1.807, 2.05) is 0 Å². The van der Waals surface area contributed by atoms with Gasteiger partial charge in [0.05, 0.1) is 4.92 Å². The van der Waals surface area contributed by atoms with Crippen LogP contribution in [-0.4, -0.2) is 4.92 Å². The van der Waals surface area contributed by atoms with E-state index in [0.717, 1.165) is 10.4 Å². The third kappa shape index (κ3) is 2.22. The van der Waals surface area contributed by atoms with Crippen LogP contribution >= 0.6 is 11.3 Å². The van der Waals surface area contributed by atoms with Gasteiger partial charge in [0.15, 0.2) is 0 Å². The molecular weight excluding hydrogens is 258 g/mol. The Kier molecular flexibility index (Phi) is 2.80. The van der Waals surface area contributed by atoms with Crippen molar-refractivity contribution in [1.82, 2.24) is 0 Å². The first-order valence-electron chi connectivity index (χ1n) is 5.88. The monoisotopic (exact) mass is 269 g/mol. The number of hydrogen-bond donors (Lipinski definition) is 0. The summed E-state index contributed by atoms with van der Waals surface area (Å²) in [6.07, 6.45) is 0. The van der Waals surface area contributed by atoms with Crippen LogP contribution < -0.4 is 0 Å². The maximum absolute atomic E-state index is 10.6. The van der Waals surface area contributed by atoms with Crippen LogP contribution in [0.25, 0.3) is 20.5 Å². The van der Waals surface area contributed by atoms with E-state index in [0.29, 0.717) is 0 Å². The molecule has 0 saturated carbocycles. The number of rotatable bonds is 2. The lowest BCUT2D eigenvalue weighted by atomic mass is 10.1. The lowest BCUT2D eigenvalue weighted by Crippen LogP contribution is -1.86. The first-order chi connectivity index (χ1) is 9.13. The molecular formula is C15H11NO2S. The first kappa shape index (κ1) is 11.9. The molecule has 3 aromatic rings. The van der Waals surface area contributed by atoms with Crippen LogP contribution in [-0.2, 0) is 0 Å². The van der Waals surface area contributed by atoms with Gasteiger partial charge in [-0.3, -0.25) is 10.1 Å². The number of aryl methyl sites for hydroxylation is 1. The topological polar surface area (TPSA) is 43.1 Å². The lowest BCUT2D eigenvalue weighted by Gasteiger charge is -1.96. The number of non-ortho nitro benzene ring substituents is 1. The van der Waals surface area contributed by atoms with Crippen molar-refractivity contribution in [2.75, 3.05) is 0 Å².